The molecule has 2 rings (SSSR count). The molecular formula is C15H15ClO3. The second-order valence-electron chi connectivity index (χ2n) is 4.66. The van der Waals surface area contributed by atoms with Crippen molar-refractivity contribution in [2.45, 2.75) is 20.8 Å². The minimum atomic E-state index is -0.335. The lowest BCUT2D eigenvalue weighted by Crippen LogP contribution is -2.06. The summed E-state index contributed by atoms with van der Waals surface area (Å²) in [5.74, 6) is 0.489. The van der Waals surface area contributed by atoms with Crippen molar-refractivity contribution in [1.29, 1.82) is 0 Å². The third-order valence-electron chi connectivity index (χ3n) is 2.98. The van der Waals surface area contributed by atoms with E-state index in [4.69, 9.17) is 20.8 Å². The molecule has 0 radical (unpaired) electrons. The summed E-state index contributed by atoms with van der Waals surface area (Å²) in [4.78, 5) is 11.7. The van der Waals surface area contributed by atoms with Gasteiger partial charge in [-0.05, 0) is 38.0 Å². The van der Waals surface area contributed by atoms with Crippen LogP contribution in [0.25, 0.3) is 11.0 Å². The molecule has 0 saturated heterocycles. The highest BCUT2D eigenvalue weighted by molar-refractivity contribution is 6.32. The summed E-state index contributed by atoms with van der Waals surface area (Å²) in [7, 11) is 0. The molecule has 1 aromatic carbocycles. The van der Waals surface area contributed by atoms with Crippen LogP contribution in [-0.2, 0) is 0 Å². The topological polar surface area (TPSA) is 39.4 Å². The van der Waals surface area contributed by atoms with Gasteiger partial charge < -0.3 is 9.15 Å². The quantitative estimate of drug-likeness (QED) is 0.629. The average molecular weight is 279 g/mol. The van der Waals surface area contributed by atoms with E-state index in [2.05, 4.69) is 6.58 Å². The van der Waals surface area contributed by atoms with Crippen LogP contribution in [0.1, 0.15) is 18.1 Å². The molecule has 0 spiro atoms. The highest BCUT2D eigenvalue weighted by atomic mass is 35.5. The van der Waals surface area contributed by atoms with Gasteiger partial charge in [0.1, 0.15) is 17.9 Å². The summed E-state index contributed by atoms with van der Waals surface area (Å²) in [5.41, 5.74) is 2.50. The highest BCUT2D eigenvalue weighted by Gasteiger charge is 2.11. The van der Waals surface area contributed by atoms with Crippen LogP contribution in [0.4, 0.5) is 0 Å². The first-order chi connectivity index (χ1) is 8.90. The molecule has 3 nitrogen and oxygen atoms in total. The molecule has 0 fully saturated rings. The van der Waals surface area contributed by atoms with E-state index >= 15 is 0 Å². The number of halogens is 1. The maximum atomic E-state index is 11.7. The van der Waals surface area contributed by atoms with Crippen LogP contribution in [0.3, 0.4) is 0 Å². The van der Waals surface area contributed by atoms with Crippen LogP contribution in [0.2, 0.25) is 5.02 Å². The molecule has 0 atom stereocenters. The van der Waals surface area contributed by atoms with E-state index in [9.17, 15) is 4.79 Å². The second-order valence-corrected chi connectivity index (χ2v) is 5.07. The SMILES string of the molecule is C=C(C)COc1cc2oc(=O)c(C)c(C)c2cc1Cl. The number of ether oxygens (including phenoxy) is 1. The van der Waals surface area contributed by atoms with Gasteiger partial charge in [0, 0.05) is 17.0 Å². The van der Waals surface area contributed by atoms with E-state index in [1.54, 1.807) is 19.1 Å². The summed E-state index contributed by atoms with van der Waals surface area (Å²) >= 11 is 6.18. The molecule has 1 heterocycles. The molecule has 0 N–H and O–H groups in total. The molecule has 0 aliphatic rings. The summed E-state index contributed by atoms with van der Waals surface area (Å²) in [6, 6.07) is 3.41. The maximum Gasteiger partial charge on any atom is 0.339 e. The van der Waals surface area contributed by atoms with Gasteiger partial charge in [0.15, 0.2) is 0 Å². The van der Waals surface area contributed by atoms with Crippen molar-refractivity contribution in [1.82, 2.24) is 0 Å². The minimum absolute atomic E-state index is 0.335. The molecule has 0 aliphatic heterocycles. The summed E-state index contributed by atoms with van der Waals surface area (Å²) in [5, 5.41) is 1.31. The van der Waals surface area contributed by atoms with Crippen LogP contribution < -0.4 is 10.4 Å². The molecule has 1 aromatic heterocycles. The Balaban J connectivity index is 2.59. The molecule has 0 amide bonds. The van der Waals surface area contributed by atoms with Crippen molar-refractivity contribution in [2.75, 3.05) is 6.61 Å². The van der Waals surface area contributed by atoms with Gasteiger partial charge >= 0.3 is 5.63 Å². The fourth-order valence-corrected chi connectivity index (χ4v) is 1.97. The molecule has 0 aliphatic carbocycles. The fraction of sp³-hybridized carbons (Fsp3) is 0.267. The Labute approximate surface area is 116 Å². The van der Waals surface area contributed by atoms with Crippen molar-refractivity contribution in [3.63, 3.8) is 0 Å². The lowest BCUT2D eigenvalue weighted by Gasteiger charge is -2.10. The van der Waals surface area contributed by atoms with Gasteiger partial charge in [-0.15, -0.1) is 0 Å². The average Bonchev–Trinajstić information content (AvgIpc) is 2.35. The third kappa shape index (κ3) is 2.66. The summed E-state index contributed by atoms with van der Waals surface area (Å²) in [6.45, 7) is 9.61. The standard InChI is InChI=1S/C15H15ClO3/c1-8(2)7-18-14-6-13-11(5-12(14)16)9(3)10(4)15(17)19-13/h5-6H,1,7H2,2-4H3. The minimum Gasteiger partial charge on any atom is -0.488 e. The van der Waals surface area contributed by atoms with Crippen molar-refractivity contribution in [2.24, 2.45) is 0 Å². The zero-order valence-corrected chi connectivity index (χ0v) is 11.9. The van der Waals surface area contributed by atoms with Crippen LogP contribution >= 0.6 is 11.6 Å². The Hall–Kier alpha value is -1.74. The van der Waals surface area contributed by atoms with E-state index in [0.717, 1.165) is 16.5 Å². The highest BCUT2D eigenvalue weighted by Crippen LogP contribution is 2.31. The second kappa shape index (κ2) is 5.10. The summed E-state index contributed by atoms with van der Waals surface area (Å²) in [6.07, 6.45) is 0. The number of rotatable bonds is 3. The van der Waals surface area contributed by atoms with Gasteiger partial charge in [-0.25, -0.2) is 4.79 Å². The van der Waals surface area contributed by atoms with Crippen molar-refractivity contribution in [3.05, 3.63) is 50.9 Å². The van der Waals surface area contributed by atoms with Gasteiger partial charge in [-0.3, -0.25) is 0 Å². The van der Waals surface area contributed by atoms with E-state index in [1.807, 2.05) is 13.8 Å². The van der Waals surface area contributed by atoms with Crippen LogP contribution in [0.5, 0.6) is 5.75 Å². The molecule has 100 valence electrons. The van der Waals surface area contributed by atoms with Gasteiger partial charge in [0.25, 0.3) is 0 Å². The number of hydrogen-bond acceptors (Lipinski definition) is 3. The maximum absolute atomic E-state index is 11.7. The zero-order valence-electron chi connectivity index (χ0n) is 11.2. The monoisotopic (exact) mass is 278 g/mol. The first kappa shape index (κ1) is 13.7. The first-order valence-electron chi connectivity index (χ1n) is 5.91. The number of hydrogen-bond donors (Lipinski definition) is 0. The molecule has 4 heteroatoms. The molecular weight excluding hydrogens is 264 g/mol. The van der Waals surface area contributed by atoms with E-state index in [1.165, 1.54) is 0 Å². The molecule has 0 saturated carbocycles. The predicted octanol–water partition coefficient (Wildman–Crippen LogP) is 4.02. The van der Waals surface area contributed by atoms with Crippen LogP contribution in [0, 0.1) is 13.8 Å². The Morgan fingerprint density at radius 3 is 2.68 bits per heavy atom. The van der Waals surface area contributed by atoms with Crippen molar-refractivity contribution >= 4 is 22.6 Å². The van der Waals surface area contributed by atoms with Gasteiger partial charge in [0.2, 0.25) is 0 Å². The molecule has 2 aromatic rings. The first-order valence-corrected chi connectivity index (χ1v) is 6.28. The molecule has 0 bridgehead atoms. The largest absolute Gasteiger partial charge is 0.488 e. The lowest BCUT2D eigenvalue weighted by atomic mass is 10.1. The lowest BCUT2D eigenvalue weighted by molar-refractivity contribution is 0.352. The smallest absolute Gasteiger partial charge is 0.339 e. The molecule has 19 heavy (non-hydrogen) atoms. The van der Waals surface area contributed by atoms with Crippen molar-refractivity contribution in [3.8, 4) is 5.75 Å². The number of aryl methyl sites for hydroxylation is 1. The van der Waals surface area contributed by atoms with Crippen LogP contribution in [0.15, 0.2) is 33.5 Å². The fourth-order valence-electron chi connectivity index (χ4n) is 1.76. The van der Waals surface area contributed by atoms with Gasteiger partial charge in [-0.2, -0.15) is 0 Å². The van der Waals surface area contributed by atoms with Crippen molar-refractivity contribution < 1.29 is 9.15 Å². The number of benzene rings is 1. The van der Waals surface area contributed by atoms with Crippen LogP contribution in [-0.4, -0.2) is 6.61 Å². The van der Waals surface area contributed by atoms with Gasteiger partial charge in [0.05, 0.1) is 5.02 Å². The Bertz CT molecular complexity index is 713. The predicted molar refractivity (Wildman–Crippen MR) is 77.3 cm³/mol. The molecule has 0 unspecified atom stereocenters. The normalized spacial score (nSPS) is 10.7. The Morgan fingerprint density at radius 1 is 1.37 bits per heavy atom. The summed E-state index contributed by atoms with van der Waals surface area (Å²) < 4.78 is 10.8. The Morgan fingerprint density at radius 2 is 2.05 bits per heavy atom. The third-order valence-corrected chi connectivity index (χ3v) is 3.28. The number of fused-ring (bicyclic) bond motifs is 1. The Kier molecular flexibility index (Phi) is 3.67. The van der Waals surface area contributed by atoms with Gasteiger partial charge in [-0.1, -0.05) is 18.2 Å². The van der Waals surface area contributed by atoms with E-state index < -0.39 is 0 Å². The zero-order chi connectivity index (χ0) is 14.2. The van der Waals surface area contributed by atoms with E-state index in [0.29, 0.717) is 28.5 Å². The van der Waals surface area contributed by atoms with E-state index in [-0.39, 0.29) is 5.63 Å².